The average Bonchev–Trinajstić information content (AvgIpc) is 3.50. The van der Waals surface area contributed by atoms with Crippen molar-refractivity contribution >= 4 is 17.5 Å². The number of amides is 1. The number of anilines is 1. The summed E-state index contributed by atoms with van der Waals surface area (Å²) in [6.45, 7) is 13.0. The molecule has 0 aromatic heterocycles. The third-order valence-corrected chi connectivity index (χ3v) is 14.7. The smallest absolute Gasteiger partial charge is 0.345 e. The predicted octanol–water partition coefficient (Wildman–Crippen LogP) is 7.87. The Labute approximate surface area is 306 Å². The summed E-state index contributed by atoms with van der Waals surface area (Å²) in [4.78, 5) is 43.6. The van der Waals surface area contributed by atoms with Crippen molar-refractivity contribution in [3.8, 4) is 0 Å². The summed E-state index contributed by atoms with van der Waals surface area (Å²) in [7, 11) is 0. The molecule has 1 aromatic rings. The second-order valence-electron chi connectivity index (χ2n) is 17.8. The van der Waals surface area contributed by atoms with Crippen molar-refractivity contribution in [2.24, 2.45) is 52.5 Å². The molecule has 8 saturated heterocycles. The number of carbonyl (C=O) groups is 1. The number of hydrogen-bond acceptors (Lipinski definition) is 11. The average molecular weight is 725 g/mol. The Balaban J connectivity index is 1.00. The lowest BCUT2D eigenvalue weighted by Gasteiger charge is -2.61. The van der Waals surface area contributed by atoms with Crippen molar-refractivity contribution in [3.05, 3.63) is 30.3 Å². The van der Waals surface area contributed by atoms with Crippen molar-refractivity contribution in [1.82, 2.24) is 0 Å². The molecule has 8 aliphatic heterocycles. The number of carbonyl (C=O) groups excluding carboxylic acids is 1. The molecule has 4 bridgehead atoms. The Morgan fingerprint density at radius 3 is 1.71 bits per heavy atom. The van der Waals surface area contributed by atoms with E-state index in [1.165, 1.54) is 0 Å². The number of ether oxygens (including phenoxy) is 4. The fourth-order valence-corrected chi connectivity index (χ4v) is 11.8. The summed E-state index contributed by atoms with van der Waals surface area (Å²) >= 11 is 0. The minimum atomic E-state index is -0.866. The Kier molecular flexibility index (Phi) is 8.86. The van der Waals surface area contributed by atoms with E-state index in [1.54, 1.807) is 0 Å². The first kappa shape index (κ1) is 35.5. The molecule has 0 unspecified atom stereocenters. The van der Waals surface area contributed by atoms with Crippen LogP contribution in [0.3, 0.4) is 0 Å². The molecule has 12 heteroatoms. The van der Waals surface area contributed by atoms with Gasteiger partial charge in [-0.3, -0.25) is 10.2 Å². The minimum Gasteiger partial charge on any atom is -0.345 e. The molecule has 286 valence electrons. The van der Waals surface area contributed by atoms with Crippen molar-refractivity contribution in [2.75, 3.05) is 5.32 Å². The molecule has 52 heavy (non-hydrogen) atoms. The van der Waals surface area contributed by atoms with E-state index < -0.39 is 41.4 Å². The zero-order chi connectivity index (χ0) is 36.0. The normalized spacial score (nSPS) is 50.2. The second-order valence-corrected chi connectivity index (χ2v) is 17.8. The van der Waals surface area contributed by atoms with Crippen LogP contribution in [0.15, 0.2) is 35.5 Å². The van der Waals surface area contributed by atoms with Gasteiger partial charge in [0.15, 0.2) is 23.8 Å². The first-order chi connectivity index (χ1) is 24.9. The van der Waals surface area contributed by atoms with Crippen LogP contribution < -0.4 is 5.32 Å². The van der Waals surface area contributed by atoms with Gasteiger partial charge in [0, 0.05) is 43.2 Å². The third-order valence-electron chi connectivity index (χ3n) is 14.7. The van der Waals surface area contributed by atoms with Crippen LogP contribution in [0.25, 0.3) is 0 Å². The SMILES string of the molecule is C[C@H]1[C@@H](CC(C[C@H]2O[C@@H]3O[C@]4(C)CC[C@H]5[C@H](C)CC[C@@H]([C@H]2C)[C@@]35OO4)=NOC(=O)Nc2ccccc2)O[C@@H]2O[C@]3(C)CC[C@H]4[C@H](C)CC[C@@H]1[C@@]24OO3. The maximum absolute atomic E-state index is 13.1. The maximum Gasteiger partial charge on any atom is 0.437 e. The van der Waals surface area contributed by atoms with Gasteiger partial charge in [-0.2, -0.15) is 0 Å². The molecule has 12 nitrogen and oxygen atoms in total. The van der Waals surface area contributed by atoms with Gasteiger partial charge in [-0.25, -0.2) is 24.3 Å². The van der Waals surface area contributed by atoms with Crippen LogP contribution >= 0.6 is 0 Å². The maximum atomic E-state index is 13.1. The van der Waals surface area contributed by atoms with Gasteiger partial charge in [0.1, 0.15) is 0 Å². The lowest BCUT2D eigenvalue weighted by Crippen LogP contribution is -2.70. The van der Waals surface area contributed by atoms with Crippen LogP contribution in [-0.2, 0) is 43.3 Å². The van der Waals surface area contributed by atoms with E-state index in [1.807, 2.05) is 44.2 Å². The summed E-state index contributed by atoms with van der Waals surface area (Å²) in [5.74, 6) is 0.303. The van der Waals surface area contributed by atoms with E-state index in [0.717, 1.165) is 51.4 Å². The number of fused-ring (bicyclic) bond motifs is 4. The molecular formula is C40H56N2O10. The number of para-hydroxylation sites is 1. The van der Waals surface area contributed by atoms with Crippen LogP contribution in [0.2, 0.25) is 0 Å². The Hall–Kier alpha value is -2.16. The lowest BCUT2D eigenvalue weighted by molar-refractivity contribution is -0.571. The second kappa shape index (κ2) is 13.0. The molecule has 11 rings (SSSR count). The molecule has 0 radical (unpaired) electrons. The van der Waals surface area contributed by atoms with Crippen LogP contribution in [0.1, 0.15) is 106 Å². The molecule has 1 amide bonds. The zero-order valence-electron chi connectivity index (χ0n) is 31.4. The number of oxime groups is 1. The summed E-state index contributed by atoms with van der Waals surface area (Å²) in [5, 5.41) is 7.36. The molecule has 10 aliphatic rings. The molecule has 2 spiro atoms. The van der Waals surface area contributed by atoms with E-state index in [0.29, 0.717) is 36.1 Å². The van der Waals surface area contributed by atoms with Crippen molar-refractivity contribution in [3.63, 3.8) is 0 Å². The van der Waals surface area contributed by atoms with Crippen LogP contribution in [0.4, 0.5) is 10.5 Å². The van der Waals surface area contributed by atoms with Crippen molar-refractivity contribution in [1.29, 1.82) is 0 Å². The number of hydrogen-bond donors (Lipinski definition) is 1. The zero-order valence-corrected chi connectivity index (χ0v) is 31.4. The van der Waals surface area contributed by atoms with Crippen LogP contribution in [0, 0.1) is 47.3 Å². The van der Waals surface area contributed by atoms with E-state index >= 15 is 0 Å². The Morgan fingerprint density at radius 2 is 1.21 bits per heavy atom. The molecule has 10 fully saturated rings. The van der Waals surface area contributed by atoms with Gasteiger partial charge in [-0.15, -0.1) is 0 Å². The summed E-state index contributed by atoms with van der Waals surface area (Å²) in [6.07, 6.45) is 6.23. The number of benzene rings is 1. The Bertz CT molecular complexity index is 1460. The van der Waals surface area contributed by atoms with Gasteiger partial charge in [-0.05, 0) is 100 Å². The molecule has 16 atom stereocenters. The molecule has 8 heterocycles. The first-order valence-electron chi connectivity index (χ1n) is 19.9. The van der Waals surface area contributed by atoms with Gasteiger partial charge in [0.2, 0.25) is 11.6 Å². The molecule has 1 aromatic carbocycles. The highest BCUT2D eigenvalue weighted by Gasteiger charge is 2.71. The standard InChI is InChI=1S/C40H56N2O10/c1-22-12-14-30-24(3)32(44-34-39(30)28(22)16-18-37(5,46-34)49-51-39)20-27(42-48-36(43)41-26-10-8-7-9-11-26)21-33-25(4)31-15-13-23(2)29-17-19-38(6)47-35(45-33)40(29,31)52-50-38/h7-11,22-25,28-35H,12-21H2,1-6H3,(H,41,43)/t22-,23-,24-,25-,28+,29+,30+,31+,32-,33-,34-,35-,37+,38+,39-,40-/m1/s1. The topological polar surface area (TPSA) is 125 Å². The van der Waals surface area contributed by atoms with Crippen LogP contribution in [0.5, 0.6) is 0 Å². The predicted molar refractivity (Wildman–Crippen MR) is 187 cm³/mol. The third kappa shape index (κ3) is 5.61. The van der Waals surface area contributed by atoms with Crippen LogP contribution in [-0.4, -0.2) is 59.4 Å². The van der Waals surface area contributed by atoms with E-state index in [4.69, 9.17) is 43.3 Å². The highest BCUT2D eigenvalue weighted by molar-refractivity contribution is 5.88. The summed E-state index contributed by atoms with van der Waals surface area (Å²) < 4.78 is 27.3. The van der Waals surface area contributed by atoms with Gasteiger partial charge in [0.05, 0.1) is 17.9 Å². The minimum absolute atomic E-state index is 0.101. The van der Waals surface area contributed by atoms with E-state index in [2.05, 4.69) is 38.2 Å². The summed E-state index contributed by atoms with van der Waals surface area (Å²) in [6, 6.07) is 9.22. The molecule has 2 aliphatic carbocycles. The fraction of sp³-hybridized carbons (Fsp3) is 0.800. The lowest BCUT2D eigenvalue weighted by atomic mass is 9.57. The largest absolute Gasteiger partial charge is 0.437 e. The monoisotopic (exact) mass is 724 g/mol. The fourth-order valence-electron chi connectivity index (χ4n) is 11.8. The Morgan fingerprint density at radius 1 is 0.712 bits per heavy atom. The molecule has 2 saturated carbocycles. The first-order valence-corrected chi connectivity index (χ1v) is 19.9. The highest BCUT2D eigenvalue weighted by Crippen LogP contribution is 2.62. The van der Waals surface area contributed by atoms with E-state index in [9.17, 15) is 4.79 Å². The number of nitrogens with one attached hydrogen (secondary N) is 1. The van der Waals surface area contributed by atoms with Gasteiger partial charge in [-0.1, -0.05) is 51.0 Å². The summed E-state index contributed by atoms with van der Waals surface area (Å²) in [5.41, 5.74) is -0.00564. The van der Waals surface area contributed by atoms with Crippen molar-refractivity contribution < 1.29 is 48.1 Å². The van der Waals surface area contributed by atoms with Gasteiger partial charge in [0.25, 0.3) is 0 Å². The highest BCUT2D eigenvalue weighted by atomic mass is 17.3. The van der Waals surface area contributed by atoms with E-state index in [-0.39, 0.29) is 47.7 Å². The van der Waals surface area contributed by atoms with Crippen molar-refractivity contribution in [2.45, 2.75) is 153 Å². The quantitative estimate of drug-likeness (QED) is 0.134. The molecular weight excluding hydrogens is 668 g/mol. The van der Waals surface area contributed by atoms with Gasteiger partial charge >= 0.3 is 6.09 Å². The number of nitrogens with zero attached hydrogens (tertiary/aromatic N) is 1. The van der Waals surface area contributed by atoms with Gasteiger partial charge < -0.3 is 18.9 Å². The molecule has 1 N–H and O–H groups in total. The number of rotatable bonds is 6.